The Morgan fingerprint density at radius 1 is 1.00 bits per heavy atom. The summed E-state index contributed by atoms with van der Waals surface area (Å²) in [5.74, 6) is -0.873. The molecule has 0 aliphatic heterocycles. The van der Waals surface area contributed by atoms with E-state index in [9.17, 15) is 9.90 Å². The fourth-order valence-corrected chi connectivity index (χ4v) is 3.88. The van der Waals surface area contributed by atoms with E-state index in [0.29, 0.717) is 25.2 Å². The number of halogens is 1. The van der Waals surface area contributed by atoms with Crippen LogP contribution in [0.5, 0.6) is 0 Å². The Morgan fingerprint density at radius 2 is 1.70 bits per heavy atom. The van der Waals surface area contributed by atoms with Gasteiger partial charge in [0.05, 0.1) is 5.56 Å². The highest BCUT2D eigenvalue weighted by Gasteiger charge is 2.22. The van der Waals surface area contributed by atoms with Crippen LogP contribution in [-0.4, -0.2) is 15.6 Å². The molecular weight excluding hydrogens is 404 g/mol. The molecule has 140 valence electrons. The molecule has 0 aliphatic rings. The number of carbonyl (C=O) groups is 1. The van der Waals surface area contributed by atoms with Crippen LogP contribution in [-0.2, 0) is 19.6 Å². The quantitative estimate of drug-likeness (QED) is 0.564. The van der Waals surface area contributed by atoms with Gasteiger partial charge in [0, 0.05) is 41.1 Å². The lowest BCUT2D eigenvalue weighted by molar-refractivity contribution is 0.0694. The topological polar surface area (TPSA) is 54.3 Å². The smallest absolute Gasteiger partial charge is 0.337 e. The summed E-state index contributed by atoms with van der Waals surface area (Å²) in [6.45, 7) is 5.75. The van der Waals surface area contributed by atoms with Gasteiger partial charge in [0.15, 0.2) is 0 Å². The lowest BCUT2D eigenvalue weighted by atomic mass is 10.1. The number of carboxylic acids is 1. The molecule has 0 saturated carbocycles. The van der Waals surface area contributed by atoms with Crippen molar-refractivity contribution in [3.8, 4) is 0 Å². The van der Waals surface area contributed by atoms with E-state index >= 15 is 0 Å². The number of carboxylic acid groups (broad SMARTS) is 1. The van der Waals surface area contributed by atoms with Gasteiger partial charge in [-0.3, -0.25) is 0 Å². The van der Waals surface area contributed by atoms with Gasteiger partial charge >= 0.3 is 5.97 Å². The second kappa shape index (κ2) is 8.55. The first-order chi connectivity index (χ1) is 13.0. The van der Waals surface area contributed by atoms with Gasteiger partial charge in [-0.15, -0.1) is 0 Å². The Balaban J connectivity index is 1.83. The molecule has 0 atom stereocenters. The molecule has 0 saturated heterocycles. The maximum Gasteiger partial charge on any atom is 0.337 e. The Kier molecular flexibility index (Phi) is 6.14. The van der Waals surface area contributed by atoms with Crippen molar-refractivity contribution in [1.82, 2.24) is 9.88 Å². The molecule has 0 aliphatic carbocycles. The Hall–Kier alpha value is -2.37. The largest absolute Gasteiger partial charge is 0.478 e. The molecule has 1 heterocycles. The standard InChI is InChI=1S/C22H23BrN2O2/c1-15-20(13-24-12-18-9-6-10-19(23)11-18)21(22(26)27)16(2)25(15)14-17-7-4-3-5-8-17/h3-11,24H,12-14H2,1-2H3,(H,26,27). The third-order valence-corrected chi connectivity index (χ3v) is 5.32. The Bertz CT molecular complexity index is 948. The Morgan fingerprint density at radius 3 is 2.37 bits per heavy atom. The highest BCUT2D eigenvalue weighted by atomic mass is 79.9. The van der Waals surface area contributed by atoms with Crippen LogP contribution in [0.1, 0.15) is 38.4 Å². The van der Waals surface area contributed by atoms with E-state index in [1.165, 1.54) is 0 Å². The van der Waals surface area contributed by atoms with Gasteiger partial charge in [-0.25, -0.2) is 4.79 Å². The van der Waals surface area contributed by atoms with Gasteiger partial charge < -0.3 is 15.0 Å². The second-order valence-corrected chi connectivity index (χ2v) is 7.55. The maximum absolute atomic E-state index is 11.9. The molecule has 0 unspecified atom stereocenters. The molecule has 4 nitrogen and oxygen atoms in total. The number of nitrogens with one attached hydrogen (secondary N) is 1. The number of rotatable bonds is 7. The number of hydrogen-bond acceptors (Lipinski definition) is 2. The predicted octanol–water partition coefficient (Wildman–Crippen LogP) is 4.90. The minimum absolute atomic E-state index is 0.408. The van der Waals surface area contributed by atoms with Crippen LogP contribution in [0.2, 0.25) is 0 Å². The van der Waals surface area contributed by atoms with Gasteiger partial charge in [-0.05, 0) is 37.1 Å². The predicted molar refractivity (Wildman–Crippen MR) is 111 cm³/mol. The fraction of sp³-hybridized carbons (Fsp3) is 0.227. The highest BCUT2D eigenvalue weighted by molar-refractivity contribution is 9.10. The second-order valence-electron chi connectivity index (χ2n) is 6.63. The third-order valence-electron chi connectivity index (χ3n) is 4.83. The first kappa shape index (κ1) is 19.4. The molecule has 2 N–H and O–H groups in total. The van der Waals surface area contributed by atoms with Crippen molar-refractivity contribution >= 4 is 21.9 Å². The van der Waals surface area contributed by atoms with Crippen molar-refractivity contribution in [2.45, 2.75) is 33.5 Å². The molecule has 3 rings (SSSR count). The molecular formula is C22H23BrN2O2. The van der Waals surface area contributed by atoms with Crippen LogP contribution in [0.3, 0.4) is 0 Å². The number of aromatic carboxylic acids is 1. The molecule has 0 radical (unpaired) electrons. The molecule has 3 aromatic rings. The van der Waals surface area contributed by atoms with Gasteiger partial charge in [0.1, 0.15) is 0 Å². The lowest BCUT2D eigenvalue weighted by Crippen LogP contribution is -2.15. The van der Waals surface area contributed by atoms with Crippen molar-refractivity contribution in [1.29, 1.82) is 0 Å². The summed E-state index contributed by atoms with van der Waals surface area (Å²) in [4.78, 5) is 11.9. The average molecular weight is 427 g/mol. The lowest BCUT2D eigenvalue weighted by Gasteiger charge is -2.10. The van der Waals surface area contributed by atoms with Crippen LogP contribution in [0.4, 0.5) is 0 Å². The maximum atomic E-state index is 11.9. The van der Waals surface area contributed by atoms with E-state index in [1.807, 2.05) is 44.2 Å². The summed E-state index contributed by atoms with van der Waals surface area (Å²) >= 11 is 3.48. The van der Waals surface area contributed by atoms with Crippen LogP contribution in [0, 0.1) is 13.8 Å². The zero-order valence-corrected chi connectivity index (χ0v) is 17.1. The van der Waals surface area contributed by atoms with E-state index in [-0.39, 0.29) is 0 Å². The third kappa shape index (κ3) is 4.49. The van der Waals surface area contributed by atoms with E-state index < -0.39 is 5.97 Å². The molecule has 0 amide bonds. The van der Waals surface area contributed by atoms with Crippen molar-refractivity contribution in [2.75, 3.05) is 0 Å². The van der Waals surface area contributed by atoms with E-state index in [0.717, 1.165) is 32.6 Å². The van der Waals surface area contributed by atoms with Gasteiger partial charge in [-0.2, -0.15) is 0 Å². The van der Waals surface area contributed by atoms with Crippen molar-refractivity contribution in [3.05, 3.63) is 92.7 Å². The molecule has 0 fully saturated rings. The molecule has 5 heteroatoms. The minimum atomic E-state index is -0.873. The fourth-order valence-electron chi connectivity index (χ4n) is 3.43. The number of hydrogen-bond donors (Lipinski definition) is 2. The van der Waals surface area contributed by atoms with Gasteiger partial charge in [-0.1, -0.05) is 58.4 Å². The van der Waals surface area contributed by atoms with Crippen LogP contribution in [0.15, 0.2) is 59.1 Å². The molecule has 2 aromatic carbocycles. The monoisotopic (exact) mass is 426 g/mol. The highest BCUT2D eigenvalue weighted by Crippen LogP contribution is 2.24. The summed E-state index contributed by atoms with van der Waals surface area (Å²) in [5.41, 5.74) is 5.36. The summed E-state index contributed by atoms with van der Waals surface area (Å²) in [6, 6.07) is 18.2. The minimum Gasteiger partial charge on any atom is -0.478 e. The normalized spacial score (nSPS) is 10.9. The number of aromatic nitrogens is 1. The average Bonchev–Trinajstić information content (AvgIpc) is 2.87. The van der Waals surface area contributed by atoms with Crippen molar-refractivity contribution in [2.24, 2.45) is 0 Å². The molecule has 0 spiro atoms. The zero-order chi connectivity index (χ0) is 19.4. The number of nitrogens with zero attached hydrogens (tertiary/aromatic N) is 1. The first-order valence-corrected chi connectivity index (χ1v) is 9.67. The Labute approximate surface area is 168 Å². The van der Waals surface area contributed by atoms with Crippen LogP contribution >= 0.6 is 15.9 Å². The van der Waals surface area contributed by atoms with Crippen LogP contribution < -0.4 is 5.32 Å². The summed E-state index contributed by atoms with van der Waals surface area (Å²) in [7, 11) is 0. The van der Waals surface area contributed by atoms with Gasteiger partial charge in [0.25, 0.3) is 0 Å². The zero-order valence-electron chi connectivity index (χ0n) is 15.5. The number of benzene rings is 2. The summed E-state index contributed by atoms with van der Waals surface area (Å²) in [6.07, 6.45) is 0. The molecule has 27 heavy (non-hydrogen) atoms. The van der Waals surface area contributed by atoms with Crippen molar-refractivity contribution < 1.29 is 9.90 Å². The summed E-state index contributed by atoms with van der Waals surface area (Å²) in [5, 5.41) is 13.1. The SMILES string of the molecule is Cc1c(CNCc2cccc(Br)c2)c(C(=O)O)c(C)n1Cc1ccccc1. The van der Waals surface area contributed by atoms with E-state index in [2.05, 4.69) is 50.1 Å². The molecule has 0 bridgehead atoms. The van der Waals surface area contributed by atoms with Gasteiger partial charge in [0.2, 0.25) is 0 Å². The van der Waals surface area contributed by atoms with E-state index in [4.69, 9.17) is 0 Å². The van der Waals surface area contributed by atoms with Crippen molar-refractivity contribution in [3.63, 3.8) is 0 Å². The first-order valence-electron chi connectivity index (χ1n) is 8.88. The molecule has 1 aromatic heterocycles. The van der Waals surface area contributed by atoms with Crippen LogP contribution in [0.25, 0.3) is 0 Å². The van der Waals surface area contributed by atoms with E-state index in [1.54, 1.807) is 0 Å². The summed E-state index contributed by atoms with van der Waals surface area (Å²) < 4.78 is 3.13.